The van der Waals surface area contributed by atoms with E-state index in [9.17, 15) is 0 Å². The lowest BCUT2D eigenvalue weighted by molar-refractivity contribution is 0.356. The molecule has 2 aromatic heterocycles. The fourth-order valence-electron chi connectivity index (χ4n) is 2.16. The predicted octanol–water partition coefficient (Wildman–Crippen LogP) is 2.39. The van der Waals surface area contributed by atoms with Gasteiger partial charge in [-0.1, -0.05) is 0 Å². The van der Waals surface area contributed by atoms with E-state index in [-0.39, 0.29) is 0 Å². The van der Waals surface area contributed by atoms with Gasteiger partial charge < -0.3 is 15.2 Å². The average Bonchev–Trinajstić information content (AvgIpc) is 2.86. The van der Waals surface area contributed by atoms with E-state index in [4.69, 9.17) is 15.2 Å². The molecule has 0 atom stereocenters. The number of benzene rings is 1. The Morgan fingerprint density at radius 1 is 1.22 bits per heavy atom. The second-order valence-corrected chi connectivity index (χ2v) is 5.04. The van der Waals surface area contributed by atoms with Crippen LogP contribution in [-0.2, 0) is 7.05 Å². The number of ether oxygens (including phenoxy) is 2. The Labute approximate surface area is 108 Å². The predicted molar refractivity (Wildman–Crippen MR) is 73.6 cm³/mol. The van der Waals surface area contributed by atoms with Gasteiger partial charge in [-0.05, 0) is 6.07 Å². The summed E-state index contributed by atoms with van der Waals surface area (Å²) in [6, 6.07) is 3.94. The average molecular weight is 263 g/mol. The summed E-state index contributed by atoms with van der Waals surface area (Å²) >= 11 is 1.61. The lowest BCUT2D eigenvalue weighted by atomic mass is 10.2. The fourth-order valence-corrected chi connectivity index (χ4v) is 3.30. The lowest BCUT2D eigenvalue weighted by Gasteiger charge is -2.07. The molecule has 5 nitrogen and oxygen atoms in total. The Morgan fingerprint density at radius 3 is 2.56 bits per heavy atom. The van der Waals surface area contributed by atoms with Crippen LogP contribution in [0.3, 0.4) is 0 Å². The quantitative estimate of drug-likeness (QED) is 0.771. The first kappa shape index (κ1) is 11.2. The van der Waals surface area contributed by atoms with E-state index in [0.29, 0.717) is 11.6 Å². The maximum Gasteiger partial charge on any atom is 0.163 e. The van der Waals surface area contributed by atoms with E-state index in [2.05, 4.69) is 5.10 Å². The van der Waals surface area contributed by atoms with Gasteiger partial charge in [-0.2, -0.15) is 5.10 Å². The van der Waals surface area contributed by atoms with Crippen molar-refractivity contribution in [2.75, 3.05) is 20.0 Å². The maximum absolute atomic E-state index is 5.90. The zero-order valence-electron chi connectivity index (χ0n) is 10.4. The summed E-state index contributed by atoms with van der Waals surface area (Å²) in [5.74, 6) is 2.00. The van der Waals surface area contributed by atoms with Crippen molar-refractivity contribution in [2.45, 2.75) is 0 Å². The van der Waals surface area contributed by atoms with E-state index >= 15 is 0 Å². The van der Waals surface area contributed by atoms with Crippen molar-refractivity contribution in [3.8, 4) is 11.5 Å². The summed E-state index contributed by atoms with van der Waals surface area (Å²) in [5.41, 5.74) is 6.93. The molecule has 6 heteroatoms. The first-order valence-electron chi connectivity index (χ1n) is 5.42. The maximum atomic E-state index is 5.90. The standard InChI is InChI=1S/C12H13N3O2S/c1-15-10-6-4-7(16-2)8(17-3)5-9(6)18-11(10)12(13)14-15/h4-5H,1-3H3,(H2,13,14). The molecule has 0 aliphatic heterocycles. The van der Waals surface area contributed by atoms with Crippen molar-refractivity contribution in [1.82, 2.24) is 9.78 Å². The molecule has 3 aromatic rings. The Morgan fingerprint density at radius 2 is 1.89 bits per heavy atom. The molecule has 94 valence electrons. The number of aryl methyl sites for hydroxylation is 1. The largest absolute Gasteiger partial charge is 0.493 e. The summed E-state index contributed by atoms with van der Waals surface area (Å²) in [4.78, 5) is 0. The van der Waals surface area contributed by atoms with Gasteiger partial charge in [0.1, 0.15) is 0 Å². The van der Waals surface area contributed by atoms with E-state index in [1.165, 1.54) is 0 Å². The molecule has 0 aliphatic rings. The van der Waals surface area contributed by atoms with Crippen LogP contribution in [0.25, 0.3) is 20.3 Å². The summed E-state index contributed by atoms with van der Waals surface area (Å²) in [6.45, 7) is 0. The van der Waals surface area contributed by atoms with Crippen LogP contribution in [0.15, 0.2) is 12.1 Å². The molecule has 0 amide bonds. The number of methoxy groups -OCH3 is 2. The van der Waals surface area contributed by atoms with Crippen molar-refractivity contribution in [3.63, 3.8) is 0 Å². The molecule has 2 N–H and O–H groups in total. The normalized spacial score (nSPS) is 11.3. The van der Waals surface area contributed by atoms with Gasteiger partial charge in [0.15, 0.2) is 17.3 Å². The molecule has 0 radical (unpaired) electrons. The Balaban J connectivity index is 2.45. The van der Waals surface area contributed by atoms with Gasteiger partial charge in [0.05, 0.1) is 24.4 Å². The van der Waals surface area contributed by atoms with Gasteiger partial charge in [0, 0.05) is 23.2 Å². The molecule has 0 aliphatic carbocycles. The van der Waals surface area contributed by atoms with Gasteiger partial charge >= 0.3 is 0 Å². The van der Waals surface area contributed by atoms with E-state index < -0.39 is 0 Å². The van der Waals surface area contributed by atoms with Crippen LogP contribution in [0.5, 0.6) is 11.5 Å². The number of rotatable bonds is 2. The number of aromatic nitrogens is 2. The number of nitrogen functional groups attached to an aromatic ring is 1. The Bertz CT molecular complexity index is 745. The molecule has 0 unspecified atom stereocenters. The van der Waals surface area contributed by atoms with Crippen molar-refractivity contribution >= 4 is 37.5 Å². The van der Waals surface area contributed by atoms with E-state index in [1.807, 2.05) is 19.2 Å². The highest BCUT2D eigenvalue weighted by Gasteiger charge is 2.16. The minimum absolute atomic E-state index is 0.562. The smallest absolute Gasteiger partial charge is 0.163 e. The van der Waals surface area contributed by atoms with Gasteiger partial charge in [-0.25, -0.2) is 0 Å². The Kier molecular flexibility index (Phi) is 2.34. The third kappa shape index (κ3) is 1.35. The summed E-state index contributed by atoms with van der Waals surface area (Å²) in [6.07, 6.45) is 0. The number of anilines is 1. The minimum Gasteiger partial charge on any atom is -0.493 e. The number of nitrogens with two attached hydrogens (primary N) is 1. The van der Waals surface area contributed by atoms with Crippen molar-refractivity contribution in [1.29, 1.82) is 0 Å². The van der Waals surface area contributed by atoms with Crippen molar-refractivity contribution < 1.29 is 9.47 Å². The zero-order valence-corrected chi connectivity index (χ0v) is 11.2. The molecular weight excluding hydrogens is 250 g/mol. The molecule has 0 spiro atoms. The second kappa shape index (κ2) is 3.78. The molecule has 0 bridgehead atoms. The summed E-state index contributed by atoms with van der Waals surface area (Å²) < 4.78 is 14.6. The number of nitrogens with zero attached hydrogens (tertiary/aromatic N) is 2. The van der Waals surface area contributed by atoms with Crippen LogP contribution in [0.1, 0.15) is 0 Å². The number of hydrogen-bond donors (Lipinski definition) is 1. The molecule has 1 aromatic carbocycles. The first-order chi connectivity index (χ1) is 8.65. The number of thiophene rings is 1. The second-order valence-electron chi connectivity index (χ2n) is 3.99. The third-order valence-corrected chi connectivity index (χ3v) is 4.15. The first-order valence-corrected chi connectivity index (χ1v) is 6.24. The molecule has 0 saturated heterocycles. The molecule has 0 fully saturated rings. The molecule has 2 heterocycles. The van der Waals surface area contributed by atoms with Crippen LogP contribution in [0.4, 0.5) is 5.82 Å². The van der Waals surface area contributed by atoms with Crippen LogP contribution < -0.4 is 15.2 Å². The van der Waals surface area contributed by atoms with Crippen LogP contribution in [0.2, 0.25) is 0 Å². The van der Waals surface area contributed by atoms with E-state index in [0.717, 1.165) is 26.1 Å². The highest BCUT2D eigenvalue weighted by molar-refractivity contribution is 7.26. The molecule has 18 heavy (non-hydrogen) atoms. The molecular formula is C12H13N3O2S. The fraction of sp³-hybridized carbons (Fsp3) is 0.250. The Hall–Kier alpha value is -1.95. The highest BCUT2D eigenvalue weighted by atomic mass is 32.1. The van der Waals surface area contributed by atoms with Gasteiger partial charge in [-0.15, -0.1) is 11.3 Å². The molecule has 3 rings (SSSR count). The van der Waals surface area contributed by atoms with Crippen molar-refractivity contribution in [2.24, 2.45) is 7.05 Å². The van der Waals surface area contributed by atoms with E-state index in [1.54, 1.807) is 30.2 Å². The number of fused-ring (bicyclic) bond motifs is 3. The van der Waals surface area contributed by atoms with Crippen LogP contribution >= 0.6 is 11.3 Å². The van der Waals surface area contributed by atoms with Gasteiger partial charge in [0.25, 0.3) is 0 Å². The zero-order chi connectivity index (χ0) is 12.9. The summed E-state index contributed by atoms with van der Waals surface area (Å²) in [5, 5.41) is 5.31. The number of hydrogen-bond acceptors (Lipinski definition) is 5. The monoisotopic (exact) mass is 263 g/mol. The summed E-state index contributed by atoms with van der Waals surface area (Å²) in [7, 11) is 5.15. The molecule has 0 saturated carbocycles. The van der Waals surface area contributed by atoms with Crippen LogP contribution in [-0.4, -0.2) is 24.0 Å². The van der Waals surface area contributed by atoms with Crippen molar-refractivity contribution in [3.05, 3.63) is 12.1 Å². The lowest BCUT2D eigenvalue weighted by Crippen LogP contribution is -1.93. The topological polar surface area (TPSA) is 62.3 Å². The third-order valence-electron chi connectivity index (χ3n) is 2.98. The minimum atomic E-state index is 0.562. The SMILES string of the molecule is COc1cc2sc3c(N)nn(C)c3c2cc1OC. The van der Waals surface area contributed by atoms with Gasteiger partial charge in [-0.3, -0.25) is 4.68 Å². The van der Waals surface area contributed by atoms with Gasteiger partial charge in [0.2, 0.25) is 0 Å². The van der Waals surface area contributed by atoms with Crippen LogP contribution in [0, 0.1) is 0 Å². The highest BCUT2D eigenvalue weighted by Crippen LogP contribution is 2.42.